The number of aryl methyl sites for hydroxylation is 1. The van der Waals surface area contributed by atoms with Crippen molar-refractivity contribution in [3.8, 4) is 11.5 Å². The molecule has 0 radical (unpaired) electrons. The Kier molecular flexibility index (Phi) is 8.68. The van der Waals surface area contributed by atoms with E-state index in [1.807, 2.05) is 30.5 Å². The average Bonchev–Trinajstić information content (AvgIpc) is 3.23. The number of benzene rings is 2. The average molecular weight is 548 g/mol. The van der Waals surface area contributed by atoms with Crippen molar-refractivity contribution in [2.75, 3.05) is 40.5 Å². The zero-order valence-corrected chi connectivity index (χ0v) is 23.2. The van der Waals surface area contributed by atoms with E-state index in [9.17, 15) is 13.2 Å². The molecule has 1 amide bonds. The highest BCUT2D eigenvalue weighted by Gasteiger charge is 2.33. The molecule has 0 spiro atoms. The van der Waals surface area contributed by atoms with Crippen molar-refractivity contribution in [2.45, 2.75) is 38.1 Å². The fraction of sp³-hybridized carbons (Fsp3) is 0.462. The summed E-state index contributed by atoms with van der Waals surface area (Å²) in [6.07, 6.45) is 1.19. The van der Waals surface area contributed by atoms with Crippen molar-refractivity contribution in [1.29, 1.82) is 0 Å². The highest BCUT2D eigenvalue weighted by atomic mass is 32.2. The fourth-order valence-electron chi connectivity index (χ4n) is 4.41. The highest BCUT2D eigenvalue weighted by molar-refractivity contribution is 7.89. The van der Waals surface area contributed by atoms with Crippen molar-refractivity contribution in [3.63, 3.8) is 0 Å². The Hall–Kier alpha value is -2.73. The number of aromatic nitrogens is 1. The molecule has 0 bridgehead atoms. The van der Waals surface area contributed by atoms with Crippen LogP contribution in [0, 0.1) is 12.8 Å². The second-order valence-electron chi connectivity index (χ2n) is 8.87. The topological polar surface area (TPSA) is 99.4 Å². The molecule has 0 aliphatic carbocycles. The number of thiazole rings is 1. The molecule has 11 heteroatoms. The van der Waals surface area contributed by atoms with Gasteiger partial charge in [0.05, 0.1) is 41.9 Å². The van der Waals surface area contributed by atoms with E-state index in [4.69, 9.17) is 14.2 Å². The molecular formula is C26H33N3O6S2. The van der Waals surface area contributed by atoms with Gasteiger partial charge in [0.1, 0.15) is 0 Å². The molecule has 2 aromatic carbocycles. The molecule has 1 fully saturated rings. The second-order valence-corrected chi connectivity index (χ2v) is 11.8. The van der Waals surface area contributed by atoms with Gasteiger partial charge in [-0.05, 0) is 38.8 Å². The molecule has 0 N–H and O–H groups in total. The number of nitrogens with zero attached hydrogens (tertiary/aromatic N) is 3. The molecule has 2 heterocycles. The van der Waals surface area contributed by atoms with Crippen molar-refractivity contribution < 1.29 is 27.4 Å². The minimum atomic E-state index is -3.68. The Morgan fingerprint density at radius 2 is 1.84 bits per heavy atom. The van der Waals surface area contributed by atoms with E-state index in [1.54, 1.807) is 38.5 Å². The Balaban J connectivity index is 1.65. The molecular weight excluding hydrogens is 514 g/mol. The van der Waals surface area contributed by atoms with E-state index >= 15 is 0 Å². The van der Waals surface area contributed by atoms with Crippen LogP contribution in [-0.4, -0.2) is 63.7 Å². The Morgan fingerprint density at radius 3 is 2.51 bits per heavy atom. The number of piperidine rings is 1. The van der Waals surface area contributed by atoms with Crippen LogP contribution >= 0.6 is 11.3 Å². The smallest absolute Gasteiger partial charge is 0.252 e. The second kappa shape index (κ2) is 11.8. The molecule has 1 unspecified atom stereocenters. The van der Waals surface area contributed by atoms with Gasteiger partial charge in [0.2, 0.25) is 10.0 Å². The summed E-state index contributed by atoms with van der Waals surface area (Å²) in [6.45, 7) is 5.89. The van der Waals surface area contributed by atoms with Gasteiger partial charge in [0.25, 0.3) is 5.91 Å². The van der Waals surface area contributed by atoms with E-state index in [1.165, 1.54) is 15.6 Å². The first-order valence-corrected chi connectivity index (χ1v) is 14.5. The molecule has 1 atom stereocenters. The molecule has 9 nitrogen and oxygen atoms in total. The molecule has 1 aliphatic rings. The fourth-order valence-corrected chi connectivity index (χ4v) is 7.00. The van der Waals surface area contributed by atoms with Crippen LogP contribution in [0.5, 0.6) is 11.5 Å². The Bertz CT molecular complexity index is 1430. The molecule has 0 saturated carbocycles. The Labute approximate surface area is 221 Å². The van der Waals surface area contributed by atoms with Gasteiger partial charge in [-0.15, -0.1) is 0 Å². The molecule has 37 heavy (non-hydrogen) atoms. The quantitative estimate of drug-likeness (QED) is 0.380. The van der Waals surface area contributed by atoms with Crippen LogP contribution < -0.4 is 14.3 Å². The summed E-state index contributed by atoms with van der Waals surface area (Å²) >= 11 is 1.38. The van der Waals surface area contributed by atoms with Gasteiger partial charge in [-0.25, -0.2) is 8.42 Å². The summed E-state index contributed by atoms with van der Waals surface area (Å²) in [5, 5.41) is 0. The molecule has 1 aliphatic heterocycles. The highest BCUT2D eigenvalue weighted by Crippen LogP contribution is 2.33. The molecule has 1 aromatic heterocycles. The number of carbonyl (C=O) groups is 1. The van der Waals surface area contributed by atoms with Crippen LogP contribution in [0.15, 0.2) is 46.3 Å². The van der Waals surface area contributed by atoms with Crippen LogP contribution in [0.2, 0.25) is 0 Å². The third-order valence-electron chi connectivity index (χ3n) is 6.45. The molecule has 3 aromatic rings. The lowest BCUT2D eigenvalue weighted by Crippen LogP contribution is -2.42. The third kappa shape index (κ3) is 5.90. The number of hydrogen-bond acceptors (Lipinski definition) is 7. The number of sulfonamides is 1. The van der Waals surface area contributed by atoms with E-state index < -0.39 is 15.9 Å². The zero-order chi connectivity index (χ0) is 26.6. The van der Waals surface area contributed by atoms with Crippen LogP contribution in [-0.2, 0) is 26.1 Å². The van der Waals surface area contributed by atoms with Crippen LogP contribution in [0.3, 0.4) is 0 Å². The van der Waals surface area contributed by atoms with Crippen LogP contribution in [0.25, 0.3) is 10.2 Å². The maximum absolute atomic E-state index is 13.4. The lowest BCUT2D eigenvalue weighted by molar-refractivity contribution is -0.122. The maximum atomic E-state index is 13.4. The Morgan fingerprint density at radius 1 is 1.14 bits per heavy atom. The monoisotopic (exact) mass is 547 g/mol. The van der Waals surface area contributed by atoms with Gasteiger partial charge in [-0.2, -0.15) is 9.30 Å². The number of hydrogen-bond donors (Lipinski definition) is 0. The number of rotatable bonds is 9. The van der Waals surface area contributed by atoms with Gasteiger partial charge < -0.3 is 18.8 Å². The van der Waals surface area contributed by atoms with Crippen molar-refractivity contribution in [2.24, 2.45) is 10.9 Å². The van der Waals surface area contributed by atoms with Gasteiger partial charge in [-0.1, -0.05) is 29.0 Å². The first kappa shape index (κ1) is 27.3. The lowest BCUT2D eigenvalue weighted by Gasteiger charge is -2.30. The SMILES string of the molecule is CCOCCn1c(=NC(=O)C2CCCN(S(=O)(=O)c3ccc(C)cc3)C2)sc2cc(OC)c(OC)cc21. The predicted molar refractivity (Wildman–Crippen MR) is 143 cm³/mol. The van der Waals surface area contributed by atoms with E-state index in [0.717, 1.165) is 15.8 Å². The first-order valence-electron chi connectivity index (χ1n) is 12.3. The summed E-state index contributed by atoms with van der Waals surface area (Å²) in [5.74, 6) is 0.346. The van der Waals surface area contributed by atoms with Gasteiger partial charge in [-0.3, -0.25) is 4.79 Å². The van der Waals surface area contributed by atoms with E-state index in [-0.39, 0.29) is 17.3 Å². The summed E-state index contributed by atoms with van der Waals surface area (Å²) in [7, 11) is -0.528. The summed E-state index contributed by atoms with van der Waals surface area (Å²) in [4.78, 5) is 18.6. The summed E-state index contributed by atoms with van der Waals surface area (Å²) < 4.78 is 47.1. The zero-order valence-electron chi connectivity index (χ0n) is 21.6. The predicted octanol–water partition coefficient (Wildman–Crippen LogP) is 3.59. The number of methoxy groups -OCH3 is 2. The molecule has 200 valence electrons. The van der Waals surface area contributed by atoms with Gasteiger partial charge >= 0.3 is 0 Å². The van der Waals surface area contributed by atoms with Crippen LogP contribution in [0.4, 0.5) is 0 Å². The van der Waals surface area contributed by atoms with Gasteiger partial charge in [0, 0.05) is 38.4 Å². The van der Waals surface area contributed by atoms with Gasteiger partial charge in [0.15, 0.2) is 16.3 Å². The lowest BCUT2D eigenvalue weighted by atomic mass is 9.99. The largest absolute Gasteiger partial charge is 0.493 e. The minimum Gasteiger partial charge on any atom is -0.493 e. The number of amides is 1. The summed E-state index contributed by atoms with van der Waals surface area (Å²) in [6, 6.07) is 10.5. The standard InChI is InChI=1S/C26H33N3O6S2/c1-5-35-14-13-29-21-15-22(33-3)23(34-4)16-24(21)36-26(29)27-25(30)19-7-6-12-28(17-19)37(31,32)20-10-8-18(2)9-11-20/h8-11,15-16,19H,5-7,12-14,17H2,1-4H3. The number of ether oxygens (including phenoxy) is 3. The maximum Gasteiger partial charge on any atom is 0.252 e. The van der Waals surface area contributed by atoms with E-state index in [0.29, 0.717) is 55.4 Å². The normalized spacial score (nSPS) is 17.3. The first-order chi connectivity index (χ1) is 17.8. The number of carbonyl (C=O) groups excluding carboxylic acids is 1. The number of fused-ring (bicyclic) bond motifs is 1. The summed E-state index contributed by atoms with van der Waals surface area (Å²) in [5.41, 5.74) is 1.85. The third-order valence-corrected chi connectivity index (χ3v) is 9.37. The molecule has 4 rings (SSSR count). The van der Waals surface area contributed by atoms with Crippen molar-refractivity contribution in [3.05, 3.63) is 46.8 Å². The van der Waals surface area contributed by atoms with Crippen molar-refractivity contribution >= 4 is 37.5 Å². The minimum absolute atomic E-state index is 0.115. The van der Waals surface area contributed by atoms with Crippen LogP contribution in [0.1, 0.15) is 25.3 Å². The molecule has 1 saturated heterocycles. The van der Waals surface area contributed by atoms with E-state index in [2.05, 4.69) is 4.99 Å². The van der Waals surface area contributed by atoms with Crippen molar-refractivity contribution in [1.82, 2.24) is 8.87 Å².